The van der Waals surface area contributed by atoms with E-state index in [1.54, 1.807) is 21.8 Å². The van der Waals surface area contributed by atoms with Gasteiger partial charge in [-0.25, -0.2) is 18.7 Å². The van der Waals surface area contributed by atoms with Gasteiger partial charge in [0.25, 0.3) is 0 Å². The Morgan fingerprint density at radius 2 is 0.857 bits per heavy atom. The number of hydrogen-bond acceptors (Lipinski definition) is 8. The van der Waals surface area contributed by atoms with Gasteiger partial charge in [0.15, 0.2) is 0 Å². The number of hydrogen-bond donors (Lipinski definition) is 0. The molecule has 12 heteroatoms. The molecule has 0 radical (unpaired) electrons. The fraction of sp³-hybridized carbons (Fsp3) is 0. The minimum atomic E-state index is 0.784. The van der Waals surface area contributed by atoms with E-state index in [1.807, 2.05) is 107 Å². The lowest BCUT2D eigenvalue weighted by atomic mass is 10.0. The van der Waals surface area contributed by atoms with E-state index >= 15 is 0 Å². The molecule has 3 aromatic carbocycles. The first-order valence-electron chi connectivity index (χ1n) is 13.0. The van der Waals surface area contributed by atoms with Crippen LogP contribution in [0, 0.1) is 0 Å². The Balaban J connectivity index is 1.26. The van der Waals surface area contributed by atoms with Crippen molar-refractivity contribution in [3.05, 3.63) is 134 Å². The smallest absolute Gasteiger partial charge is 0.141 e. The summed E-state index contributed by atoms with van der Waals surface area (Å²) in [4.78, 5) is 0. The monoisotopic (exact) mass is 550 g/mol. The van der Waals surface area contributed by atoms with Crippen LogP contribution in [0.5, 0.6) is 0 Å². The van der Waals surface area contributed by atoms with Crippen molar-refractivity contribution in [1.29, 1.82) is 0 Å². The molecule has 202 valence electrons. The van der Waals surface area contributed by atoms with E-state index in [4.69, 9.17) is 10.2 Å². The highest BCUT2D eigenvalue weighted by molar-refractivity contribution is 5.91. The number of aromatic nitrogens is 10. The molecule has 0 fully saturated rings. The summed E-state index contributed by atoms with van der Waals surface area (Å²) in [6, 6.07) is 28.0. The average Bonchev–Trinajstić information content (AvgIpc) is 3.87. The Bertz CT molecular complexity index is 1800. The van der Waals surface area contributed by atoms with Crippen molar-refractivity contribution in [1.82, 2.24) is 49.3 Å². The van der Waals surface area contributed by atoms with Crippen molar-refractivity contribution < 1.29 is 0 Å². The minimum absolute atomic E-state index is 0.784. The summed E-state index contributed by atoms with van der Waals surface area (Å²) in [6.45, 7) is 0. The highest BCUT2D eigenvalue weighted by atomic mass is 15.4. The predicted molar refractivity (Wildman–Crippen MR) is 158 cm³/mol. The molecule has 12 nitrogen and oxygen atoms in total. The van der Waals surface area contributed by atoms with Gasteiger partial charge in [0.05, 0.1) is 23.8 Å². The van der Waals surface area contributed by atoms with Gasteiger partial charge in [0, 0.05) is 34.6 Å². The van der Waals surface area contributed by atoms with Gasteiger partial charge < -0.3 is 0 Å². The first-order valence-corrected chi connectivity index (χ1v) is 13.0. The zero-order chi connectivity index (χ0) is 28.1. The molecule has 0 spiro atoms. The average molecular weight is 551 g/mol. The third-order valence-corrected chi connectivity index (χ3v) is 6.43. The van der Waals surface area contributed by atoms with Crippen molar-refractivity contribution in [3.8, 4) is 33.9 Å². The molecule has 0 aliphatic carbocycles. The van der Waals surface area contributed by atoms with Crippen LogP contribution in [0.4, 0.5) is 0 Å². The number of benzene rings is 3. The van der Waals surface area contributed by atoms with E-state index in [9.17, 15) is 0 Å². The third-order valence-electron chi connectivity index (χ3n) is 6.43. The lowest BCUT2D eigenvalue weighted by Gasteiger charge is -2.04. The zero-order valence-electron chi connectivity index (χ0n) is 22.1. The Hall–Kier alpha value is -6.30. The predicted octanol–water partition coefficient (Wildman–Crippen LogP) is 4.34. The summed E-state index contributed by atoms with van der Waals surface area (Å²) in [5.74, 6) is 0. The Kier molecular flexibility index (Phi) is 6.51. The summed E-state index contributed by atoms with van der Waals surface area (Å²) in [5.41, 5.74) is 7.01. The van der Waals surface area contributed by atoms with Crippen molar-refractivity contribution in [2.45, 2.75) is 0 Å². The van der Waals surface area contributed by atoms with Crippen molar-refractivity contribution >= 4 is 12.4 Å². The minimum Gasteiger partial charge on any atom is -0.240 e. The maximum atomic E-state index is 4.90. The number of para-hydroxylation sites is 2. The molecule has 0 amide bonds. The van der Waals surface area contributed by atoms with Crippen LogP contribution in [0.15, 0.2) is 133 Å². The molecule has 7 rings (SSSR count). The second-order valence-electron chi connectivity index (χ2n) is 9.18. The van der Waals surface area contributed by atoms with Crippen LogP contribution in [0.1, 0.15) is 11.1 Å². The summed E-state index contributed by atoms with van der Waals surface area (Å²) in [5, 5.41) is 34.0. The van der Waals surface area contributed by atoms with E-state index in [1.165, 1.54) is 25.3 Å². The van der Waals surface area contributed by atoms with E-state index in [-0.39, 0.29) is 0 Å². The maximum Gasteiger partial charge on any atom is 0.141 e. The van der Waals surface area contributed by atoms with Crippen LogP contribution in [0.25, 0.3) is 33.9 Å². The van der Waals surface area contributed by atoms with E-state index in [2.05, 4.69) is 30.6 Å². The van der Waals surface area contributed by atoms with Crippen LogP contribution >= 0.6 is 0 Å². The molecule has 4 heterocycles. The van der Waals surface area contributed by atoms with Gasteiger partial charge in [0.2, 0.25) is 0 Å². The zero-order valence-corrected chi connectivity index (χ0v) is 22.1. The maximum absolute atomic E-state index is 4.90. The summed E-state index contributed by atoms with van der Waals surface area (Å²) in [7, 11) is 0. The Labute approximate surface area is 239 Å². The summed E-state index contributed by atoms with van der Waals surface area (Å²) in [6.07, 6.45) is 13.5. The lowest BCUT2D eigenvalue weighted by molar-refractivity contribution is 0.877. The van der Waals surface area contributed by atoms with Gasteiger partial charge >= 0.3 is 0 Å². The fourth-order valence-corrected chi connectivity index (χ4v) is 4.39. The standard InChI is InChI=1S/C30H22N12/c1-3-7-27(8-4-1)41-17-25(15-35-39-19-31-32-20-39)29(37-41)23-11-13-24(14-12-23)30-26(16-36-40-21-33-34-22-40)18-42(38-30)28-9-5-2-6-10-28/h1-22H. The largest absolute Gasteiger partial charge is 0.240 e. The van der Waals surface area contributed by atoms with E-state index < -0.39 is 0 Å². The fourth-order valence-electron chi connectivity index (χ4n) is 4.39. The Morgan fingerprint density at radius 1 is 0.476 bits per heavy atom. The molecule has 0 atom stereocenters. The first kappa shape index (κ1) is 24.7. The van der Waals surface area contributed by atoms with Gasteiger partial charge in [-0.05, 0) is 24.3 Å². The summed E-state index contributed by atoms with van der Waals surface area (Å²) < 4.78 is 6.77. The van der Waals surface area contributed by atoms with Crippen LogP contribution in [0.2, 0.25) is 0 Å². The molecule has 7 aromatic rings. The lowest BCUT2D eigenvalue weighted by Crippen LogP contribution is -1.94. The van der Waals surface area contributed by atoms with E-state index in [0.29, 0.717) is 0 Å². The van der Waals surface area contributed by atoms with Gasteiger partial charge in [-0.2, -0.15) is 20.4 Å². The molecule has 0 bridgehead atoms. The Morgan fingerprint density at radius 3 is 1.24 bits per heavy atom. The van der Waals surface area contributed by atoms with Crippen LogP contribution in [-0.4, -0.2) is 61.7 Å². The normalized spacial score (nSPS) is 11.6. The topological polar surface area (TPSA) is 122 Å². The number of rotatable bonds is 8. The van der Waals surface area contributed by atoms with Gasteiger partial charge in [0.1, 0.15) is 36.7 Å². The molecule has 0 N–H and O–H groups in total. The highest BCUT2D eigenvalue weighted by Crippen LogP contribution is 2.28. The molecule has 42 heavy (non-hydrogen) atoms. The second-order valence-corrected chi connectivity index (χ2v) is 9.18. The van der Waals surface area contributed by atoms with Crippen LogP contribution in [-0.2, 0) is 0 Å². The highest BCUT2D eigenvalue weighted by Gasteiger charge is 2.15. The quantitative estimate of drug-likeness (QED) is 0.260. The van der Waals surface area contributed by atoms with Gasteiger partial charge in [-0.1, -0.05) is 60.7 Å². The second kappa shape index (κ2) is 11.1. The molecule has 0 saturated carbocycles. The molecule has 0 aliphatic heterocycles. The van der Waals surface area contributed by atoms with Crippen LogP contribution in [0.3, 0.4) is 0 Å². The molecule has 0 unspecified atom stereocenters. The SMILES string of the molecule is C(=Nn1cnnc1)c1cn(-c2ccccc2)nc1-c1ccc(-c2nn(-c3ccccc3)cc2C=Nn2cnnc2)cc1. The van der Waals surface area contributed by atoms with E-state index in [0.717, 1.165) is 45.0 Å². The number of nitrogens with zero attached hydrogens (tertiary/aromatic N) is 12. The molecule has 4 aromatic heterocycles. The third kappa shape index (κ3) is 5.14. The van der Waals surface area contributed by atoms with Gasteiger partial charge in [-0.3, -0.25) is 0 Å². The van der Waals surface area contributed by atoms with Crippen molar-refractivity contribution in [2.24, 2.45) is 10.2 Å². The summed E-state index contributed by atoms with van der Waals surface area (Å²) >= 11 is 0. The first-order chi connectivity index (χ1) is 20.8. The molecular formula is C30H22N12. The molecular weight excluding hydrogens is 528 g/mol. The molecule has 0 saturated heterocycles. The van der Waals surface area contributed by atoms with Crippen molar-refractivity contribution in [2.75, 3.05) is 0 Å². The molecule has 0 aliphatic rings. The van der Waals surface area contributed by atoms with Crippen molar-refractivity contribution in [3.63, 3.8) is 0 Å². The van der Waals surface area contributed by atoms with Gasteiger partial charge in [-0.15, -0.1) is 20.4 Å². The van der Waals surface area contributed by atoms with Crippen LogP contribution < -0.4 is 0 Å².